The van der Waals surface area contributed by atoms with Crippen molar-refractivity contribution in [3.63, 3.8) is 0 Å². The summed E-state index contributed by atoms with van der Waals surface area (Å²) in [7, 11) is 0. The molecule has 142 valence electrons. The van der Waals surface area contributed by atoms with Crippen LogP contribution >= 0.6 is 0 Å². The molecule has 6 heteroatoms. The Morgan fingerprint density at radius 2 is 1.85 bits per heavy atom. The predicted octanol–water partition coefficient (Wildman–Crippen LogP) is 0.932. The number of likely N-dealkylation sites (tertiary alicyclic amines) is 2. The van der Waals surface area contributed by atoms with Crippen molar-refractivity contribution < 1.29 is 9.90 Å². The Balaban J connectivity index is 1.33. The number of hydrogen-bond donors (Lipinski definition) is 1. The summed E-state index contributed by atoms with van der Waals surface area (Å²) in [5.74, 6) is 1.06. The average molecular weight is 359 g/mol. The van der Waals surface area contributed by atoms with Gasteiger partial charge in [0.1, 0.15) is 0 Å². The molecular formula is C20H29N3O3. The van der Waals surface area contributed by atoms with Gasteiger partial charge in [0.05, 0.1) is 6.10 Å². The van der Waals surface area contributed by atoms with Gasteiger partial charge in [-0.15, -0.1) is 0 Å². The number of carbonyl (C=O) groups excluding carboxylic acids is 1. The highest BCUT2D eigenvalue weighted by atomic mass is 16.3. The number of fused-ring (bicyclic) bond motifs is 1. The first-order valence-corrected chi connectivity index (χ1v) is 9.97. The van der Waals surface area contributed by atoms with Gasteiger partial charge in [-0.05, 0) is 56.7 Å². The third kappa shape index (κ3) is 3.58. The zero-order valence-corrected chi connectivity index (χ0v) is 15.3. The van der Waals surface area contributed by atoms with Crippen LogP contribution in [0.25, 0.3) is 0 Å². The molecule has 0 unspecified atom stereocenters. The summed E-state index contributed by atoms with van der Waals surface area (Å²) >= 11 is 0. The van der Waals surface area contributed by atoms with Crippen molar-refractivity contribution in [1.29, 1.82) is 0 Å². The van der Waals surface area contributed by atoms with E-state index >= 15 is 0 Å². The van der Waals surface area contributed by atoms with E-state index in [1.807, 2.05) is 11.0 Å². The van der Waals surface area contributed by atoms with Crippen LogP contribution < -0.4 is 5.56 Å². The van der Waals surface area contributed by atoms with Crippen molar-refractivity contribution in [2.75, 3.05) is 26.2 Å². The molecule has 0 aromatic carbocycles. The van der Waals surface area contributed by atoms with Crippen LogP contribution in [-0.4, -0.2) is 63.7 Å². The van der Waals surface area contributed by atoms with Gasteiger partial charge in [-0.25, -0.2) is 0 Å². The van der Waals surface area contributed by atoms with Crippen molar-refractivity contribution in [1.82, 2.24) is 14.4 Å². The van der Waals surface area contributed by atoms with Gasteiger partial charge in [0.15, 0.2) is 0 Å². The standard InChI is InChI=1S/C20H29N3O3/c24-18-12-16-14-23(13-15(16)11-17(18)21-7-3-4-8-21)20(26)6-10-22-9-2-1-5-19(22)25/h1-2,5,9,15-18,24H,3-4,6-8,10-14H2/t15-,16+,17-,18-/m1/s1. The quantitative estimate of drug-likeness (QED) is 0.869. The monoisotopic (exact) mass is 359 g/mol. The zero-order valence-electron chi connectivity index (χ0n) is 15.3. The Kier molecular flexibility index (Phi) is 5.14. The lowest BCUT2D eigenvalue weighted by molar-refractivity contribution is -0.130. The number of aryl methyl sites for hydroxylation is 1. The molecule has 26 heavy (non-hydrogen) atoms. The van der Waals surface area contributed by atoms with Gasteiger partial charge >= 0.3 is 0 Å². The zero-order chi connectivity index (χ0) is 18.1. The van der Waals surface area contributed by atoms with E-state index in [0.29, 0.717) is 24.8 Å². The van der Waals surface area contributed by atoms with Gasteiger partial charge in [0, 0.05) is 44.4 Å². The molecule has 1 aromatic rings. The Labute approximate surface area is 154 Å². The van der Waals surface area contributed by atoms with Crippen molar-refractivity contribution in [2.45, 2.75) is 50.8 Å². The van der Waals surface area contributed by atoms with E-state index in [4.69, 9.17) is 0 Å². The van der Waals surface area contributed by atoms with Crippen LogP contribution in [0, 0.1) is 11.8 Å². The fraction of sp³-hybridized carbons (Fsp3) is 0.700. The number of aliphatic hydroxyl groups excluding tert-OH is 1. The van der Waals surface area contributed by atoms with Gasteiger partial charge in [-0.1, -0.05) is 6.07 Å². The minimum atomic E-state index is -0.257. The van der Waals surface area contributed by atoms with Gasteiger partial charge < -0.3 is 14.6 Å². The van der Waals surface area contributed by atoms with Crippen molar-refractivity contribution in [3.8, 4) is 0 Å². The molecule has 0 bridgehead atoms. The highest BCUT2D eigenvalue weighted by molar-refractivity contribution is 5.76. The molecule has 4 rings (SSSR count). The normalized spacial score (nSPS) is 32.0. The molecule has 3 fully saturated rings. The summed E-state index contributed by atoms with van der Waals surface area (Å²) in [4.78, 5) is 28.8. The highest BCUT2D eigenvalue weighted by Crippen LogP contribution is 2.39. The summed E-state index contributed by atoms with van der Waals surface area (Å²) in [6.07, 6.45) is 6.13. The number of aliphatic hydroxyl groups is 1. The first-order valence-electron chi connectivity index (χ1n) is 9.97. The van der Waals surface area contributed by atoms with Crippen LogP contribution in [0.2, 0.25) is 0 Å². The molecule has 2 saturated heterocycles. The molecule has 2 aliphatic heterocycles. The highest BCUT2D eigenvalue weighted by Gasteiger charge is 2.44. The smallest absolute Gasteiger partial charge is 0.250 e. The van der Waals surface area contributed by atoms with Crippen LogP contribution in [0.4, 0.5) is 0 Å². The maximum Gasteiger partial charge on any atom is 0.250 e. The summed E-state index contributed by atoms with van der Waals surface area (Å²) in [5.41, 5.74) is -0.0630. The van der Waals surface area contributed by atoms with Crippen molar-refractivity contribution >= 4 is 5.91 Å². The molecule has 4 atom stereocenters. The minimum absolute atomic E-state index is 0.0630. The van der Waals surface area contributed by atoms with Crippen molar-refractivity contribution in [2.24, 2.45) is 11.8 Å². The molecule has 1 N–H and O–H groups in total. The van der Waals surface area contributed by atoms with E-state index in [9.17, 15) is 14.7 Å². The maximum absolute atomic E-state index is 12.6. The Hall–Kier alpha value is -1.66. The fourth-order valence-electron chi connectivity index (χ4n) is 5.10. The largest absolute Gasteiger partial charge is 0.391 e. The number of aromatic nitrogens is 1. The molecule has 1 aliphatic carbocycles. The second-order valence-corrected chi connectivity index (χ2v) is 8.15. The molecule has 3 heterocycles. The molecule has 1 amide bonds. The summed E-state index contributed by atoms with van der Waals surface area (Å²) in [5, 5.41) is 10.6. The Morgan fingerprint density at radius 1 is 1.12 bits per heavy atom. The number of nitrogens with zero attached hydrogens (tertiary/aromatic N) is 3. The third-order valence-electron chi connectivity index (χ3n) is 6.54. The third-order valence-corrected chi connectivity index (χ3v) is 6.54. The SMILES string of the molecule is O=C(CCn1ccccc1=O)N1C[C@H]2C[C@@H](N3CCCC3)[C@H](O)C[C@H]2C1. The summed E-state index contributed by atoms with van der Waals surface area (Å²) in [6, 6.07) is 5.33. The van der Waals surface area contributed by atoms with Gasteiger partial charge in [-0.3, -0.25) is 14.5 Å². The van der Waals surface area contributed by atoms with Crippen molar-refractivity contribution in [3.05, 3.63) is 34.7 Å². The van der Waals surface area contributed by atoms with E-state index in [1.54, 1.807) is 16.8 Å². The Morgan fingerprint density at radius 3 is 2.58 bits per heavy atom. The maximum atomic E-state index is 12.6. The lowest BCUT2D eigenvalue weighted by Crippen LogP contribution is -2.48. The van der Waals surface area contributed by atoms with E-state index < -0.39 is 0 Å². The average Bonchev–Trinajstić information content (AvgIpc) is 3.29. The lowest BCUT2D eigenvalue weighted by Gasteiger charge is -2.40. The first-order chi connectivity index (χ1) is 12.6. The molecule has 0 spiro atoms. The number of rotatable bonds is 4. The van der Waals surface area contributed by atoms with Crippen LogP contribution in [0.1, 0.15) is 32.1 Å². The van der Waals surface area contributed by atoms with Gasteiger partial charge in [0.25, 0.3) is 5.56 Å². The van der Waals surface area contributed by atoms with Gasteiger partial charge in [0.2, 0.25) is 5.91 Å². The predicted molar refractivity (Wildman–Crippen MR) is 98.7 cm³/mol. The summed E-state index contributed by atoms with van der Waals surface area (Å²) in [6.45, 7) is 4.21. The van der Waals surface area contributed by atoms with E-state index in [1.165, 1.54) is 18.9 Å². The number of pyridine rings is 1. The number of hydrogen-bond acceptors (Lipinski definition) is 4. The molecule has 1 aromatic heterocycles. The second-order valence-electron chi connectivity index (χ2n) is 8.15. The fourth-order valence-corrected chi connectivity index (χ4v) is 5.10. The molecular weight excluding hydrogens is 330 g/mol. The second kappa shape index (κ2) is 7.53. The van der Waals surface area contributed by atoms with Crippen LogP contribution in [-0.2, 0) is 11.3 Å². The molecule has 6 nitrogen and oxygen atoms in total. The molecule has 3 aliphatic rings. The summed E-state index contributed by atoms with van der Waals surface area (Å²) < 4.78 is 1.59. The lowest BCUT2D eigenvalue weighted by atomic mass is 9.77. The van der Waals surface area contributed by atoms with Crippen LogP contribution in [0.5, 0.6) is 0 Å². The topological polar surface area (TPSA) is 65.8 Å². The van der Waals surface area contributed by atoms with E-state index in [0.717, 1.165) is 39.0 Å². The number of carbonyl (C=O) groups is 1. The van der Waals surface area contributed by atoms with Gasteiger partial charge in [-0.2, -0.15) is 0 Å². The minimum Gasteiger partial charge on any atom is -0.391 e. The Bertz CT molecular complexity index is 698. The molecule has 1 saturated carbocycles. The van der Waals surface area contributed by atoms with E-state index in [-0.39, 0.29) is 23.6 Å². The first kappa shape index (κ1) is 17.7. The van der Waals surface area contributed by atoms with E-state index in [2.05, 4.69) is 4.90 Å². The number of amides is 1. The van der Waals surface area contributed by atoms with Crippen LogP contribution in [0.15, 0.2) is 29.2 Å². The van der Waals surface area contributed by atoms with Crippen LogP contribution in [0.3, 0.4) is 0 Å². The molecule has 0 radical (unpaired) electrons.